The molecule has 3 nitrogen and oxygen atoms in total. The van der Waals surface area contributed by atoms with Crippen LogP contribution in [0.1, 0.15) is 32.8 Å². The van der Waals surface area contributed by atoms with Gasteiger partial charge in [-0.3, -0.25) is 4.79 Å². The molecule has 0 aliphatic carbocycles. The molecule has 0 radical (unpaired) electrons. The highest BCUT2D eigenvalue weighted by Crippen LogP contribution is 2.23. The first-order valence-corrected chi connectivity index (χ1v) is 7.52. The van der Waals surface area contributed by atoms with Crippen LogP contribution in [0.15, 0.2) is 30.3 Å². The molecule has 20 heavy (non-hydrogen) atoms. The van der Waals surface area contributed by atoms with Crippen molar-refractivity contribution in [3.8, 4) is 0 Å². The summed E-state index contributed by atoms with van der Waals surface area (Å²) in [6, 6.07) is 10.6. The summed E-state index contributed by atoms with van der Waals surface area (Å²) in [5.41, 5.74) is 1.33. The SMILES string of the molecule is CC(C)(C)[C@H](Cc1ccccc1)NC(=O)[C@H]1CCNC1. The number of benzene rings is 1. The van der Waals surface area contributed by atoms with Crippen LogP contribution >= 0.6 is 0 Å². The third-order valence-corrected chi connectivity index (χ3v) is 4.08. The van der Waals surface area contributed by atoms with Gasteiger partial charge in [-0.15, -0.1) is 0 Å². The van der Waals surface area contributed by atoms with Gasteiger partial charge in [0.1, 0.15) is 0 Å². The summed E-state index contributed by atoms with van der Waals surface area (Å²) in [6.07, 6.45) is 1.84. The van der Waals surface area contributed by atoms with Crippen LogP contribution in [0.2, 0.25) is 0 Å². The fraction of sp³-hybridized carbons (Fsp3) is 0.588. The Labute approximate surface area is 122 Å². The molecular weight excluding hydrogens is 248 g/mol. The fourth-order valence-electron chi connectivity index (χ4n) is 2.59. The van der Waals surface area contributed by atoms with Crippen LogP contribution in [0.5, 0.6) is 0 Å². The highest BCUT2D eigenvalue weighted by Gasteiger charge is 2.30. The fourth-order valence-corrected chi connectivity index (χ4v) is 2.59. The Bertz CT molecular complexity index is 430. The number of carbonyl (C=O) groups excluding carboxylic acids is 1. The zero-order chi connectivity index (χ0) is 14.6. The number of hydrogen-bond acceptors (Lipinski definition) is 2. The summed E-state index contributed by atoms with van der Waals surface area (Å²) in [7, 11) is 0. The molecule has 2 rings (SSSR count). The summed E-state index contributed by atoms with van der Waals surface area (Å²) in [6.45, 7) is 8.33. The van der Waals surface area contributed by atoms with Crippen molar-refractivity contribution in [3.63, 3.8) is 0 Å². The van der Waals surface area contributed by atoms with Crippen molar-refractivity contribution >= 4 is 5.91 Å². The Morgan fingerprint density at radius 2 is 2.05 bits per heavy atom. The lowest BCUT2D eigenvalue weighted by Crippen LogP contribution is -2.47. The summed E-state index contributed by atoms with van der Waals surface area (Å²) < 4.78 is 0. The Hall–Kier alpha value is -1.35. The van der Waals surface area contributed by atoms with Crippen molar-refractivity contribution < 1.29 is 4.79 Å². The molecule has 2 atom stereocenters. The molecular formula is C17H26N2O. The van der Waals surface area contributed by atoms with Crippen molar-refractivity contribution in [2.24, 2.45) is 11.3 Å². The summed E-state index contributed by atoms with van der Waals surface area (Å²) in [5, 5.41) is 6.52. The normalized spacial score (nSPS) is 20.6. The van der Waals surface area contributed by atoms with Crippen LogP contribution in [0, 0.1) is 11.3 Å². The highest BCUT2D eigenvalue weighted by molar-refractivity contribution is 5.79. The van der Waals surface area contributed by atoms with E-state index in [-0.39, 0.29) is 23.3 Å². The molecule has 1 aromatic carbocycles. The predicted molar refractivity (Wildman–Crippen MR) is 82.5 cm³/mol. The van der Waals surface area contributed by atoms with Crippen LogP contribution < -0.4 is 10.6 Å². The van der Waals surface area contributed by atoms with E-state index in [1.165, 1.54) is 5.56 Å². The van der Waals surface area contributed by atoms with Gasteiger partial charge in [0.15, 0.2) is 0 Å². The van der Waals surface area contributed by atoms with Crippen molar-refractivity contribution in [3.05, 3.63) is 35.9 Å². The number of rotatable bonds is 4. The third-order valence-electron chi connectivity index (χ3n) is 4.08. The van der Waals surface area contributed by atoms with Crippen LogP contribution in [0.25, 0.3) is 0 Å². The smallest absolute Gasteiger partial charge is 0.224 e. The van der Waals surface area contributed by atoms with Gasteiger partial charge < -0.3 is 10.6 Å². The molecule has 1 aliphatic heterocycles. The molecule has 0 unspecified atom stereocenters. The maximum absolute atomic E-state index is 12.3. The topological polar surface area (TPSA) is 41.1 Å². The van der Waals surface area contributed by atoms with Gasteiger partial charge in [0.25, 0.3) is 0 Å². The number of carbonyl (C=O) groups is 1. The van der Waals surface area contributed by atoms with Crippen LogP contribution in [0.3, 0.4) is 0 Å². The number of amides is 1. The molecule has 0 spiro atoms. The van der Waals surface area contributed by atoms with E-state index in [1.807, 2.05) is 6.07 Å². The molecule has 1 heterocycles. The standard InChI is InChI=1S/C17H26N2O/c1-17(2,3)15(11-13-7-5-4-6-8-13)19-16(20)14-9-10-18-12-14/h4-8,14-15,18H,9-12H2,1-3H3,(H,19,20)/t14-,15-/m0/s1. The van der Waals surface area contributed by atoms with Crippen molar-refractivity contribution in [2.75, 3.05) is 13.1 Å². The van der Waals surface area contributed by atoms with E-state index in [9.17, 15) is 4.79 Å². The molecule has 0 bridgehead atoms. The maximum atomic E-state index is 12.3. The lowest BCUT2D eigenvalue weighted by Gasteiger charge is -2.32. The first-order chi connectivity index (χ1) is 9.47. The van der Waals surface area contributed by atoms with E-state index in [1.54, 1.807) is 0 Å². The van der Waals surface area contributed by atoms with Crippen molar-refractivity contribution in [1.82, 2.24) is 10.6 Å². The van der Waals surface area contributed by atoms with Gasteiger partial charge in [-0.2, -0.15) is 0 Å². The van der Waals surface area contributed by atoms with Gasteiger partial charge in [-0.1, -0.05) is 51.1 Å². The number of nitrogens with one attached hydrogen (secondary N) is 2. The largest absolute Gasteiger partial charge is 0.352 e. The Kier molecular flexibility index (Phi) is 4.81. The lowest BCUT2D eigenvalue weighted by molar-refractivity contribution is -0.125. The molecule has 0 aromatic heterocycles. The minimum Gasteiger partial charge on any atom is -0.352 e. The quantitative estimate of drug-likeness (QED) is 0.885. The first-order valence-electron chi connectivity index (χ1n) is 7.52. The van der Waals surface area contributed by atoms with E-state index in [0.29, 0.717) is 0 Å². The van der Waals surface area contributed by atoms with Gasteiger partial charge in [0.05, 0.1) is 5.92 Å². The molecule has 1 aromatic rings. The first kappa shape index (κ1) is 15.0. The van der Waals surface area contributed by atoms with E-state index in [0.717, 1.165) is 25.9 Å². The Balaban J connectivity index is 2.02. The highest BCUT2D eigenvalue weighted by atomic mass is 16.2. The van der Waals surface area contributed by atoms with E-state index >= 15 is 0 Å². The molecule has 110 valence electrons. The van der Waals surface area contributed by atoms with E-state index in [4.69, 9.17) is 0 Å². The molecule has 1 fully saturated rings. The second-order valence-corrected chi connectivity index (χ2v) is 6.81. The van der Waals surface area contributed by atoms with Gasteiger partial charge in [-0.05, 0) is 30.4 Å². The predicted octanol–water partition coefficient (Wildman–Crippen LogP) is 2.37. The number of hydrogen-bond donors (Lipinski definition) is 2. The zero-order valence-electron chi connectivity index (χ0n) is 12.8. The average molecular weight is 274 g/mol. The van der Waals surface area contributed by atoms with Gasteiger partial charge in [0, 0.05) is 12.6 Å². The van der Waals surface area contributed by atoms with E-state index < -0.39 is 0 Å². The lowest BCUT2D eigenvalue weighted by atomic mass is 9.82. The van der Waals surface area contributed by atoms with Crippen LogP contribution in [0.4, 0.5) is 0 Å². The second-order valence-electron chi connectivity index (χ2n) is 6.81. The summed E-state index contributed by atoms with van der Waals surface area (Å²) >= 11 is 0. The Morgan fingerprint density at radius 3 is 2.60 bits per heavy atom. The average Bonchev–Trinajstić information content (AvgIpc) is 2.92. The summed E-state index contributed by atoms with van der Waals surface area (Å²) in [5.74, 6) is 0.335. The monoisotopic (exact) mass is 274 g/mol. The van der Waals surface area contributed by atoms with Gasteiger partial charge >= 0.3 is 0 Å². The zero-order valence-corrected chi connectivity index (χ0v) is 12.8. The van der Waals surface area contributed by atoms with Crippen LogP contribution in [-0.4, -0.2) is 25.0 Å². The van der Waals surface area contributed by atoms with Crippen molar-refractivity contribution in [1.29, 1.82) is 0 Å². The van der Waals surface area contributed by atoms with Crippen molar-refractivity contribution in [2.45, 2.75) is 39.7 Å². The van der Waals surface area contributed by atoms with E-state index in [2.05, 4.69) is 55.7 Å². The summed E-state index contributed by atoms with van der Waals surface area (Å²) in [4.78, 5) is 12.3. The minimum atomic E-state index is 0.0531. The van der Waals surface area contributed by atoms with Gasteiger partial charge in [0.2, 0.25) is 5.91 Å². The molecule has 0 saturated carbocycles. The molecule has 1 aliphatic rings. The Morgan fingerprint density at radius 1 is 1.35 bits per heavy atom. The second kappa shape index (κ2) is 6.40. The molecule has 2 N–H and O–H groups in total. The third kappa shape index (κ3) is 4.07. The molecule has 3 heteroatoms. The van der Waals surface area contributed by atoms with Gasteiger partial charge in [-0.25, -0.2) is 0 Å². The minimum absolute atomic E-state index is 0.0531. The molecule has 1 saturated heterocycles. The molecule has 1 amide bonds. The van der Waals surface area contributed by atoms with Crippen LogP contribution in [-0.2, 0) is 11.2 Å². The maximum Gasteiger partial charge on any atom is 0.224 e.